The Hall–Kier alpha value is -0.290. The summed E-state index contributed by atoms with van der Waals surface area (Å²) in [5.41, 5.74) is 0. The Labute approximate surface area is 66.8 Å². The molecule has 0 aromatic carbocycles. The predicted molar refractivity (Wildman–Crippen MR) is 43.2 cm³/mol. The number of nitrogens with zero attached hydrogens (tertiary/aromatic N) is 1. The molecule has 0 bridgehead atoms. The molecule has 0 N–H and O–H groups in total. The summed E-state index contributed by atoms with van der Waals surface area (Å²) in [5.74, 6) is 1.57. The van der Waals surface area contributed by atoms with E-state index in [1.54, 1.807) is 16.7 Å². The van der Waals surface area contributed by atoms with Crippen LogP contribution in [-0.2, 0) is 16.1 Å². The van der Waals surface area contributed by atoms with Crippen LogP contribution >= 0.6 is 11.8 Å². The van der Waals surface area contributed by atoms with E-state index in [-0.39, 0.29) is 17.2 Å². The summed E-state index contributed by atoms with van der Waals surface area (Å²) in [6.07, 6.45) is 0. The normalized spacial score (nSPS) is 17.0. The molecule has 1 aliphatic heterocycles. The molecule has 0 spiro atoms. The van der Waals surface area contributed by atoms with Gasteiger partial charge in [0.05, 0.1) is 22.5 Å². The lowest BCUT2D eigenvalue weighted by Gasteiger charge is -2.08. The maximum Gasteiger partial charge on any atom is 0.260 e. The van der Waals surface area contributed by atoms with E-state index in [0.717, 1.165) is 23.5 Å². The summed E-state index contributed by atoms with van der Waals surface area (Å²) in [4.78, 5) is 12.5. The van der Waals surface area contributed by atoms with Crippen LogP contribution in [-0.4, -0.2) is 38.6 Å². The second-order valence-corrected chi connectivity index (χ2v) is 3.36. The Morgan fingerprint density at radius 2 is 2.50 bits per heavy atom. The van der Waals surface area contributed by atoms with E-state index in [0.29, 0.717) is 0 Å². The number of thioether (sulfide) groups is 1. The zero-order valence-corrected chi connectivity index (χ0v) is 6.91. The van der Waals surface area contributed by atoms with Crippen LogP contribution in [0.2, 0.25) is 0 Å². The number of carbonyl (C=O) groups is 1. The maximum atomic E-state index is 10.9. The Kier molecular flexibility index (Phi) is 2.95. The van der Waals surface area contributed by atoms with Gasteiger partial charge in [0.1, 0.15) is 0 Å². The number of rotatable bonds is 1. The molecule has 1 saturated heterocycles. The van der Waals surface area contributed by atoms with Gasteiger partial charge < -0.3 is 4.90 Å². The SMILES string of the molecule is O=S=CC(=O)N1CCSC1. The number of hydrogen-bond donors (Lipinski definition) is 0. The first kappa shape index (κ1) is 7.81. The van der Waals surface area contributed by atoms with E-state index >= 15 is 0 Å². The van der Waals surface area contributed by atoms with Crippen LogP contribution < -0.4 is 0 Å². The van der Waals surface area contributed by atoms with Gasteiger partial charge in [-0.05, 0) is 0 Å². The molecule has 1 heterocycles. The van der Waals surface area contributed by atoms with Gasteiger partial charge in [0.2, 0.25) is 0 Å². The molecule has 0 atom stereocenters. The average molecular weight is 177 g/mol. The molecule has 1 amide bonds. The van der Waals surface area contributed by atoms with Gasteiger partial charge in [-0.25, -0.2) is 4.21 Å². The van der Waals surface area contributed by atoms with Crippen molar-refractivity contribution in [2.24, 2.45) is 0 Å². The summed E-state index contributed by atoms with van der Waals surface area (Å²) in [6.45, 7) is 0.778. The molecule has 1 fully saturated rings. The van der Waals surface area contributed by atoms with Crippen LogP contribution in [0.1, 0.15) is 0 Å². The van der Waals surface area contributed by atoms with Crippen molar-refractivity contribution >= 4 is 34.3 Å². The molecule has 10 heavy (non-hydrogen) atoms. The largest absolute Gasteiger partial charge is 0.328 e. The summed E-state index contributed by atoms with van der Waals surface area (Å²) < 4.78 is 9.90. The highest BCUT2D eigenvalue weighted by molar-refractivity contribution is 7.99. The predicted octanol–water partition coefficient (Wildman–Crippen LogP) is -0.466. The monoisotopic (exact) mass is 177 g/mol. The van der Waals surface area contributed by atoms with Crippen LogP contribution in [0.5, 0.6) is 0 Å². The second kappa shape index (κ2) is 3.78. The van der Waals surface area contributed by atoms with Crippen LogP contribution in [0.25, 0.3) is 0 Å². The minimum atomic E-state index is -0.148. The van der Waals surface area contributed by atoms with Crippen molar-refractivity contribution in [3.63, 3.8) is 0 Å². The molecular weight excluding hydrogens is 170 g/mol. The van der Waals surface area contributed by atoms with Crippen molar-refractivity contribution in [1.29, 1.82) is 0 Å². The van der Waals surface area contributed by atoms with Crippen molar-refractivity contribution in [3.05, 3.63) is 0 Å². The first-order valence-electron chi connectivity index (χ1n) is 2.83. The zero-order valence-electron chi connectivity index (χ0n) is 5.28. The maximum absolute atomic E-state index is 10.9. The zero-order chi connectivity index (χ0) is 7.40. The van der Waals surface area contributed by atoms with E-state index < -0.39 is 0 Å². The minimum Gasteiger partial charge on any atom is -0.328 e. The van der Waals surface area contributed by atoms with Gasteiger partial charge in [-0.3, -0.25) is 4.79 Å². The molecule has 3 nitrogen and oxygen atoms in total. The van der Waals surface area contributed by atoms with E-state index in [9.17, 15) is 9.00 Å². The molecule has 0 aromatic heterocycles. The van der Waals surface area contributed by atoms with Crippen LogP contribution in [0.3, 0.4) is 0 Å². The quantitative estimate of drug-likeness (QED) is 0.508. The molecular formula is C5H7NO2S2. The van der Waals surface area contributed by atoms with Crippen molar-refractivity contribution in [2.75, 3.05) is 18.2 Å². The average Bonchev–Trinajstić information content (AvgIpc) is 2.38. The van der Waals surface area contributed by atoms with Crippen molar-refractivity contribution in [2.45, 2.75) is 0 Å². The van der Waals surface area contributed by atoms with Crippen LogP contribution in [0, 0.1) is 0 Å². The molecule has 0 aliphatic carbocycles. The van der Waals surface area contributed by atoms with Gasteiger partial charge in [0.25, 0.3) is 5.91 Å². The topological polar surface area (TPSA) is 37.4 Å². The fourth-order valence-corrected chi connectivity index (χ4v) is 1.89. The van der Waals surface area contributed by atoms with Gasteiger partial charge in [-0.1, -0.05) is 0 Å². The Morgan fingerprint density at radius 1 is 1.70 bits per heavy atom. The number of amides is 1. The molecule has 56 valence electrons. The summed E-state index contributed by atoms with van der Waals surface area (Å²) in [5, 5.41) is 1.10. The van der Waals surface area contributed by atoms with Crippen molar-refractivity contribution in [1.82, 2.24) is 4.90 Å². The minimum absolute atomic E-state index is 0.148. The molecule has 0 unspecified atom stereocenters. The third-order valence-corrected chi connectivity index (χ3v) is 2.48. The Balaban J connectivity index is 2.47. The molecule has 1 rings (SSSR count). The molecule has 5 heteroatoms. The second-order valence-electron chi connectivity index (χ2n) is 1.85. The first-order valence-corrected chi connectivity index (χ1v) is 4.79. The van der Waals surface area contributed by atoms with Gasteiger partial charge in [0.15, 0.2) is 0 Å². The fraction of sp³-hybridized carbons (Fsp3) is 0.600. The van der Waals surface area contributed by atoms with Crippen LogP contribution in [0.4, 0.5) is 0 Å². The highest BCUT2D eigenvalue weighted by atomic mass is 32.2. The summed E-state index contributed by atoms with van der Waals surface area (Å²) >= 11 is 1.93. The van der Waals surface area contributed by atoms with E-state index in [1.165, 1.54) is 0 Å². The first-order chi connectivity index (χ1) is 4.84. The highest BCUT2D eigenvalue weighted by Crippen LogP contribution is 2.11. The fourth-order valence-electron chi connectivity index (χ4n) is 0.704. The molecule has 0 saturated carbocycles. The third-order valence-electron chi connectivity index (χ3n) is 1.21. The van der Waals surface area contributed by atoms with Crippen LogP contribution in [0.15, 0.2) is 0 Å². The molecule has 0 radical (unpaired) electrons. The Bertz CT molecular complexity index is 182. The van der Waals surface area contributed by atoms with E-state index in [1.807, 2.05) is 0 Å². The molecule has 1 aliphatic rings. The summed E-state index contributed by atoms with van der Waals surface area (Å²) in [6, 6.07) is 0. The Morgan fingerprint density at radius 3 is 3.00 bits per heavy atom. The lowest BCUT2D eigenvalue weighted by molar-refractivity contribution is -0.122. The third kappa shape index (κ3) is 1.85. The van der Waals surface area contributed by atoms with E-state index in [2.05, 4.69) is 0 Å². The molecule has 0 aromatic rings. The highest BCUT2D eigenvalue weighted by Gasteiger charge is 2.15. The van der Waals surface area contributed by atoms with Crippen molar-refractivity contribution < 1.29 is 9.00 Å². The lowest BCUT2D eigenvalue weighted by atomic mass is 10.6. The van der Waals surface area contributed by atoms with Gasteiger partial charge in [0, 0.05) is 12.3 Å². The smallest absolute Gasteiger partial charge is 0.260 e. The van der Waals surface area contributed by atoms with Gasteiger partial charge in [-0.2, -0.15) is 0 Å². The van der Waals surface area contributed by atoms with Gasteiger partial charge in [-0.15, -0.1) is 11.8 Å². The number of hydrogen-bond acceptors (Lipinski definition) is 3. The summed E-state index contributed by atoms with van der Waals surface area (Å²) in [7, 11) is 0. The van der Waals surface area contributed by atoms with Crippen molar-refractivity contribution in [3.8, 4) is 0 Å². The van der Waals surface area contributed by atoms with Gasteiger partial charge >= 0.3 is 0 Å². The van der Waals surface area contributed by atoms with E-state index in [4.69, 9.17) is 0 Å². The lowest BCUT2D eigenvalue weighted by Crippen LogP contribution is -2.28. The standard InChI is InChI=1S/C5H7NO2S2/c7-5(3-10-8)6-1-2-9-4-6/h3H,1-2,4H2. The number of carbonyl (C=O) groups excluding carboxylic acids is 1.